The Bertz CT molecular complexity index is 1130. The lowest BCUT2D eigenvalue weighted by atomic mass is 9.96. The quantitative estimate of drug-likeness (QED) is 0.604. The smallest absolute Gasteiger partial charge is 0.228 e. The van der Waals surface area contributed by atoms with E-state index in [-0.39, 0.29) is 11.8 Å². The van der Waals surface area contributed by atoms with Crippen molar-refractivity contribution in [3.05, 3.63) is 42.0 Å². The average Bonchev–Trinajstić information content (AvgIpc) is 3.22. The minimum atomic E-state index is -0.0695. The van der Waals surface area contributed by atoms with E-state index in [9.17, 15) is 4.79 Å². The average molecular weight is 464 g/mol. The number of carbonyl (C=O) groups is 1. The van der Waals surface area contributed by atoms with Gasteiger partial charge in [-0.25, -0.2) is 14.6 Å². The van der Waals surface area contributed by atoms with Gasteiger partial charge in [0.1, 0.15) is 18.0 Å². The zero-order valence-corrected chi connectivity index (χ0v) is 19.5. The van der Waals surface area contributed by atoms with Crippen LogP contribution in [0.1, 0.15) is 24.2 Å². The fourth-order valence-electron chi connectivity index (χ4n) is 4.44. The van der Waals surface area contributed by atoms with Crippen LogP contribution in [0.4, 0.5) is 17.5 Å². The molecular weight excluding hydrogens is 434 g/mol. The second kappa shape index (κ2) is 9.72. The zero-order chi connectivity index (χ0) is 23.5. The van der Waals surface area contributed by atoms with Gasteiger partial charge >= 0.3 is 0 Å². The molecule has 11 nitrogen and oxygen atoms in total. The van der Waals surface area contributed by atoms with Crippen LogP contribution in [0.25, 0.3) is 5.82 Å². The Balaban J connectivity index is 1.16. The molecule has 0 aliphatic carbocycles. The van der Waals surface area contributed by atoms with E-state index in [2.05, 4.69) is 40.4 Å². The van der Waals surface area contributed by atoms with E-state index in [0.717, 1.165) is 62.0 Å². The summed E-state index contributed by atoms with van der Waals surface area (Å²) < 4.78 is 7.19. The molecule has 3 aromatic rings. The van der Waals surface area contributed by atoms with Crippen LogP contribution in [0.5, 0.6) is 0 Å². The number of anilines is 3. The third-order valence-corrected chi connectivity index (χ3v) is 6.29. The summed E-state index contributed by atoms with van der Waals surface area (Å²) in [5.74, 6) is 2.79. The number of piperidine rings is 1. The van der Waals surface area contributed by atoms with Gasteiger partial charge in [0.05, 0.1) is 18.9 Å². The molecule has 0 aromatic carbocycles. The van der Waals surface area contributed by atoms with Crippen molar-refractivity contribution in [1.29, 1.82) is 0 Å². The first-order chi connectivity index (χ1) is 16.6. The lowest BCUT2D eigenvalue weighted by Crippen LogP contribution is -2.39. The fourth-order valence-corrected chi connectivity index (χ4v) is 4.44. The van der Waals surface area contributed by atoms with E-state index in [1.165, 1.54) is 6.33 Å². The molecule has 0 bridgehead atoms. The predicted molar refractivity (Wildman–Crippen MR) is 127 cm³/mol. The maximum atomic E-state index is 12.9. The van der Waals surface area contributed by atoms with Gasteiger partial charge in [0.2, 0.25) is 5.91 Å². The highest BCUT2D eigenvalue weighted by Crippen LogP contribution is 2.24. The number of morpholine rings is 1. The first-order valence-electron chi connectivity index (χ1n) is 11.6. The predicted octanol–water partition coefficient (Wildman–Crippen LogP) is 1.76. The number of carbonyl (C=O) groups excluding carboxylic acids is 1. The van der Waals surface area contributed by atoms with Crippen LogP contribution in [0.15, 0.2) is 30.6 Å². The Morgan fingerprint density at radius 3 is 2.32 bits per heavy atom. The van der Waals surface area contributed by atoms with Gasteiger partial charge in [-0.3, -0.25) is 4.79 Å². The third-order valence-electron chi connectivity index (χ3n) is 6.29. The van der Waals surface area contributed by atoms with Gasteiger partial charge in [-0.05, 0) is 44.9 Å². The van der Waals surface area contributed by atoms with Crippen LogP contribution in [-0.4, -0.2) is 75.2 Å². The molecule has 0 atom stereocenters. The van der Waals surface area contributed by atoms with E-state index in [0.29, 0.717) is 24.8 Å². The molecule has 5 heterocycles. The van der Waals surface area contributed by atoms with Crippen LogP contribution in [-0.2, 0) is 9.53 Å². The summed E-state index contributed by atoms with van der Waals surface area (Å²) in [5.41, 5.74) is 1.97. The molecule has 2 aliphatic heterocycles. The number of hydrogen-bond acceptors (Lipinski definition) is 9. The number of amides is 1. The third kappa shape index (κ3) is 4.84. The monoisotopic (exact) mass is 463 g/mol. The van der Waals surface area contributed by atoms with Gasteiger partial charge in [-0.2, -0.15) is 5.10 Å². The van der Waals surface area contributed by atoms with Crippen LogP contribution < -0.4 is 15.1 Å². The van der Waals surface area contributed by atoms with E-state index < -0.39 is 0 Å². The van der Waals surface area contributed by atoms with Crippen molar-refractivity contribution in [3.63, 3.8) is 0 Å². The Morgan fingerprint density at radius 2 is 1.65 bits per heavy atom. The molecule has 0 radical (unpaired) electrons. The fraction of sp³-hybridized carbons (Fsp3) is 0.478. The summed E-state index contributed by atoms with van der Waals surface area (Å²) >= 11 is 0. The maximum Gasteiger partial charge on any atom is 0.228 e. The van der Waals surface area contributed by atoms with Gasteiger partial charge in [-0.1, -0.05) is 0 Å². The number of hydrogen-bond donors (Lipinski definition) is 1. The van der Waals surface area contributed by atoms with Crippen molar-refractivity contribution in [2.45, 2.75) is 26.7 Å². The molecule has 0 unspecified atom stereocenters. The number of aromatic nitrogens is 6. The molecule has 2 saturated heterocycles. The summed E-state index contributed by atoms with van der Waals surface area (Å²) in [6.07, 6.45) is 2.99. The molecule has 34 heavy (non-hydrogen) atoms. The normalized spacial score (nSPS) is 17.1. The van der Waals surface area contributed by atoms with Crippen molar-refractivity contribution in [2.24, 2.45) is 5.92 Å². The van der Waals surface area contributed by atoms with Gasteiger partial charge in [-0.15, -0.1) is 10.2 Å². The van der Waals surface area contributed by atoms with Crippen LogP contribution in [0.3, 0.4) is 0 Å². The number of aryl methyl sites for hydroxylation is 2. The number of nitrogens with zero attached hydrogens (tertiary/aromatic N) is 8. The molecule has 5 rings (SSSR count). The van der Waals surface area contributed by atoms with Gasteiger partial charge < -0.3 is 19.9 Å². The first kappa shape index (κ1) is 22.2. The minimum Gasteiger partial charge on any atom is -0.378 e. The van der Waals surface area contributed by atoms with Gasteiger partial charge in [0.25, 0.3) is 0 Å². The van der Waals surface area contributed by atoms with Crippen LogP contribution >= 0.6 is 0 Å². The Labute approximate surface area is 198 Å². The highest BCUT2D eigenvalue weighted by atomic mass is 16.5. The Kier molecular flexibility index (Phi) is 6.35. The molecule has 1 amide bonds. The molecule has 2 aliphatic rings. The Morgan fingerprint density at radius 1 is 0.941 bits per heavy atom. The largest absolute Gasteiger partial charge is 0.378 e. The molecule has 3 aromatic heterocycles. The van der Waals surface area contributed by atoms with Crippen molar-refractivity contribution >= 4 is 23.4 Å². The molecule has 11 heteroatoms. The van der Waals surface area contributed by atoms with E-state index in [1.807, 2.05) is 38.1 Å². The molecular formula is C23H29N9O2. The van der Waals surface area contributed by atoms with Crippen LogP contribution in [0, 0.1) is 19.8 Å². The highest BCUT2D eigenvalue weighted by molar-refractivity contribution is 5.92. The highest BCUT2D eigenvalue weighted by Gasteiger charge is 2.26. The number of ether oxygens (including phenoxy) is 1. The van der Waals surface area contributed by atoms with Crippen molar-refractivity contribution in [3.8, 4) is 5.82 Å². The number of rotatable bonds is 5. The first-order valence-corrected chi connectivity index (χ1v) is 11.6. The summed E-state index contributed by atoms with van der Waals surface area (Å²) in [6, 6.07) is 7.74. The van der Waals surface area contributed by atoms with Gasteiger partial charge in [0, 0.05) is 43.9 Å². The second-order valence-corrected chi connectivity index (χ2v) is 8.70. The molecule has 178 valence electrons. The Hall–Kier alpha value is -3.60. The molecule has 2 fully saturated rings. The standard InChI is InChI=1S/C23H29N9O2/c1-16-13-17(2)32(29-16)21-4-3-20(27-28-21)30-7-5-18(6-8-30)23(33)26-19-14-22(25-15-24-19)31-9-11-34-12-10-31/h3-4,13-15,18H,5-12H2,1-2H3,(H,24,25,26,33). The van der Waals surface area contributed by atoms with Crippen molar-refractivity contribution in [1.82, 2.24) is 29.9 Å². The SMILES string of the molecule is Cc1cc(C)n(-c2ccc(N3CCC(C(=O)Nc4cc(N5CCOCC5)ncn4)CC3)nn2)n1. The topological polar surface area (TPSA) is 114 Å². The summed E-state index contributed by atoms with van der Waals surface area (Å²) in [6.45, 7) is 8.38. The summed E-state index contributed by atoms with van der Waals surface area (Å²) in [7, 11) is 0. The van der Waals surface area contributed by atoms with Crippen molar-refractivity contribution < 1.29 is 9.53 Å². The van der Waals surface area contributed by atoms with Crippen LogP contribution in [0.2, 0.25) is 0 Å². The lowest BCUT2D eigenvalue weighted by molar-refractivity contribution is -0.120. The second-order valence-electron chi connectivity index (χ2n) is 8.70. The molecule has 0 saturated carbocycles. The lowest BCUT2D eigenvalue weighted by Gasteiger charge is -2.31. The van der Waals surface area contributed by atoms with E-state index in [1.54, 1.807) is 4.68 Å². The molecule has 0 spiro atoms. The molecule has 1 N–H and O–H groups in total. The van der Waals surface area contributed by atoms with E-state index in [4.69, 9.17) is 4.74 Å². The van der Waals surface area contributed by atoms with Crippen molar-refractivity contribution in [2.75, 3.05) is 54.5 Å². The van der Waals surface area contributed by atoms with E-state index >= 15 is 0 Å². The summed E-state index contributed by atoms with van der Waals surface area (Å²) in [5, 5.41) is 16.2. The number of nitrogens with one attached hydrogen (secondary N) is 1. The van der Waals surface area contributed by atoms with Gasteiger partial charge in [0.15, 0.2) is 11.6 Å². The zero-order valence-electron chi connectivity index (χ0n) is 19.5. The minimum absolute atomic E-state index is 0.00256. The summed E-state index contributed by atoms with van der Waals surface area (Å²) in [4.78, 5) is 25.8. The maximum absolute atomic E-state index is 12.9.